The van der Waals surface area contributed by atoms with Crippen LogP contribution < -0.4 is 14.8 Å². The molecule has 1 aromatic carbocycles. The first-order chi connectivity index (χ1) is 14.7. The predicted octanol–water partition coefficient (Wildman–Crippen LogP) is 4.56. The maximum atomic E-state index is 5.61. The lowest BCUT2D eigenvalue weighted by Gasteiger charge is -2.32. The van der Waals surface area contributed by atoms with E-state index in [1.807, 2.05) is 17.5 Å². The molecular weight excluding hydrogens is 527 g/mol. The molecular formula is C22H27IN4O3S. The Morgan fingerprint density at radius 1 is 1.26 bits per heavy atom. The van der Waals surface area contributed by atoms with Crippen molar-refractivity contribution in [3.05, 3.63) is 52.7 Å². The third-order valence-electron chi connectivity index (χ3n) is 5.03. The molecule has 1 N–H and O–H groups in total. The van der Waals surface area contributed by atoms with Gasteiger partial charge in [-0.2, -0.15) is 0 Å². The summed E-state index contributed by atoms with van der Waals surface area (Å²) < 4.78 is 16.5. The molecule has 0 saturated heterocycles. The number of aromatic nitrogens is 1. The Morgan fingerprint density at radius 3 is 2.71 bits per heavy atom. The second-order valence-corrected chi connectivity index (χ2v) is 7.89. The van der Waals surface area contributed by atoms with Gasteiger partial charge in [-0.3, -0.25) is 0 Å². The van der Waals surface area contributed by atoms with E-state index in [9.17, 15) is 0 Å². The molecule has 0 aliphatic carbocycles. The van der Waals surface area contributed by atoms with E-state index in [0.717, 1.165) is 54.1 Å². The lowest BCUT2D eigenvalue weighted by Crippen LogP contribution is -2.44. The van der Waals surface area contributed by atoms with E-state index in [1.165, 1.54) is 11.1 Å². The molecule has 0 radical (unpaired) electrons. The van der Waals surface area contributed by atoms with Crippen molar-refractivity contribution in [2.75, 3.05) is 27.3 Å². The number of thiophene rings is 1. The number of guanidine groups is 1. The average Bonchev–Trinajstić information content (AvgIpc) is 3.47. The van der Waals surface area contributed by atoms with Gasteiger partial charge in [0, 0.05) is 19.6 Å². The summed E-state index contributed by atoms with van der Waals surface area (Å²) in [6, 6.07) is 8.14. The van der Waals surface area contributed by atoms with Gasteiger partial charge in [0.25, 0.3) is 0 Å². The number of ether oxygens (including phenoxy) is 2. The molecule has 0 fully saturated rings. The monoisotopic (exact) mass is 554 g/mol. The van der Waals surface area contributed by atoms with E-state index in [-0.39, 0.29) is 24.0 Å². The molecule has 0 spiro atoms. The second-order valence-electron chi connectivity index (χ2n) is 6.94. The highest BCUT2D eigenvalue weighted by Gasteiger charge is 2.22. The van der Waals surface area contributed by atoms with E-state index in [2.05, 4.69) is 34.3 Å². The summed E-state index contributed by atoms with van der Waals surface area (Å²) in [5, 5.41) is 5.42. The summed E-state index contributed by atoms with van der Waals surface area (Å²) in [7, 11) is 3.34. The van der Waals surface area contributed by atoms with Gasteiger partial charge in [-0.1, -0.05) is 6.07 Å². The van der Waals surface area contributed by atoms with Gasteiger partial charge in [0.05, 0.1) is 25.6 Å². The number of hydrogen-bond donors (Lipinski definition) is 1. The van der Waals surface area contributed by atoms with Crippen LogP contribution in [0.1, 0.15) is 23.7 Å². The number of benzene rings is 1. The standard InChI is InChI=1S/C22H26N4O3S.HI/c1-4-23-22(24-12-17-14-29-21(25-17)20-6-5-9-30-20)26-8-7-15-10-18(27-2)19(28-3)11-16(15)13-26;/h5-6,9-11,14H,4,7-8,12-13H2,1-3H3,(H,23,24);1H. The number of rotatable bonds is 6. The first-order valence-corrected chi connectivity index (χ1v) is 10.8. The molecule has 166 valence electrons. The number of fused-ring (bicyclic) bond motifs is 1. The molecule has 1 aliphatic heterocycles. The maximum Gasteiger partial charge on any atom is 0.236 e. The number of halogens is 1. The largest absolute Gasteiger partial charge is 0.493 e. The Morgan fingerprint density at radius 2 is 2.03 bits per heavy atom. The third kappa shape index (κ3) is 5.32. The second kappa shape index (κ2) is 10.9. The van der Waals surface area contributed by atoms with Crippen LogP contribution in [0.25, 0.3) is 10.8 Å². The van der Waals surface area contributed by atoms with Gasteiger partial charge in [0.15, 0.2) is 17.5 Å². The van der Waals surface area contributed by atoms with E-state index in [1.54, 1.807) is 31.8 Å². The molecule has 3 aromatic rings. The molecule has 0 saturated carbocycles. The topological polar surface area (TPSA) is 72.1 Å². The molecule has 7 nitrogen and oxygen atoms in total. The predicted molar refractivity (Wildman–Crippen MR) is 134 cm³/mol. The highest BCUT2D eigenvalue weighted by Crippen LogP contribution is 2.33. The molecule has 4 rings (SSSR count). The number of nitrogens with zero attached hydrogens (tertiary/aromatic N) is 3. The van der Waals surface area contributed by atoms with Gasteiger partial charge in [0.1, 0.15) is 12.0 Å². The Labute approximate surface area is 203 Å². The van der Waals surface area contributed by atoms with Crippen molar-refractivity contribution in [2.45, 2.75) is 26.4 Å². The summed E-state index contributed by atoms with van der Waals surface area (Å²) in [5.74, 6) is 3.05. The Bertz CT molecular complexity index is 1020. The zero-order valence-electron chi connectivity index (χ0n) is 17.9. The number of oxazole rings is 1. The molecule has 0 unspecified atom stereocenters. The lowest BCUT2D eigenvalue weighted by molar-refractivity contribution is 0.346. The van der Waals surface area contributed by atoms with Gasteiger partial charge in [0.2, 0.25) is 5.89 Å². The Hall–Kier alpha value is -2.27. The fourth-order valence-electron chi connectivity index (χ4n) is 3.54. The van der Waals surface area contributed by atoms with Gasteiger partial charge in [-0.25, -0.2) is 9.98 Å². The number of hydrogen-bond acceptors (Lipinski definition) is 6. The van der Waals surface area contributed by atoms with Crippen molar-refractivity contribution in [1.82, 2.24) is 15.2 Å². The summed E-state index contributed by atoms with van der Waals surface area (Å²) in [6.45, 7) is 4.99. The van der Waals surface area contributed by atoms with Crippen molar-refractivity contribution in [3.63, 3.8) is 0 Å². The molecule has 0 amide bonds. The number of methoxy groups -OCH3 is 2. The van der Waals surface area contributed by atoms with E-state index in [0.29, 0.717) is 12.4 Å². The Kier molecular flexibility index (Phi) is 8.19. The first kappa shape index (κ1) is 23.4. The minimum atomic E-state index is 0. The molecule has 2 aromatic heterocycles. The van der Waals surface area contributed by atoms with Gasteiger partial charge in [-0.15, -0.1) is 35.3 Å². The molecule has 1 aliphatic rings. The average molecular weight is 554 g/mol. The van der Waals surface area contributed by atoms with Crippen LogP contribution in [0.2, 0.25) is 0 Å². The molecule has 3 heterocycles. The minimum Gasteiger partial charge on any atom is -0.493 e. The van der Waals surface area contributed by atoms with Crippen molar-refractivity contribution >= 4 is 41.3 Å². The van der Waals surface area contributed by atoms with Crippen LogP contribution in [0.5, 0.6) is 11.5 Å². The van der Waals surface area contributed by atoms with Crippen LogP contribution in [0, 0.1) is 0 Å². The zero-order valence-corrected chi connectivity index (χ0v) is 21.0. The summed E-state index contributed by atoms with van der Waals surface area (Å²) >= 11 is 1.61. The quantitative estimate of drug-likeness (QED) is 0.274. The van der Waals surface area contributed by atoms with Crippen LogP contribution in [-0.2, 0) is 19.5 Å². The van der Waals surface area contributed by atoms with Crippen molar-refractivity contribution in [2.24, 2.45) is 4.99 Å². The molecule has 0 atom stereocenters. The zero-order chi connectivity index (χ0) is 20.9. The lowest BCUT2D eigenvalue weighted by atomic mass is 9.99. The summed E-state index contributed by atoms with van der Waals surface area (Å²) in [4.78, 5) is 12.7. The molecule has 9 heteroatoms. The van der Waals surface area contributed by atoms with Gasteiger partial charge < -0.3 is 24.1 Å². The Balaban J connectivity index is 0.00000272. The summed E-state index contributed by atoms with van der Waals surface area (Å²) in [6.07, 6.45) is 2.61. The fraction of sp³-hybridized carbons (Fsp3) is 0.364. The number of aliphatic imine (C=N–C) groups is 1. The van der Waals surface area contributed by atoms with Crippen LogP contribution in [-0.4, -0.2) is 43.2 Å². The fourth-order valence-corrected chi connectivity index (χ4v) is 4.19. The van der Waals surface area contributed by atoms with Crippen molar-refractivity contribution in [1.29, 1.82) is 0 Å². The third-order valence-corrected chi connectivity index (χ3v) is 5.88. The normalized spacial score (nSPS) is 13.4. The maximum absolute atomic E-state index is 5.61. The molecule has 0 bridgehead atoms. The first-order valence-electron chi connectivity index (χ1n) is 9.97. The highest BCUT2D eigenvalue weighted by atomic mass is 127. The van der Waals surface area contributed by atoms with Crippen LogP contribution >= 0.6 is 35.3 Å². The van der Waals surface area contributed by atoms with Crippen molar-refractivity contribution in [3.8, 4) is 22.3 Å². The van der Waals surface area contributed by atoms with Crippen LogP contribution in [0.15, 0.2) is 45.3 Å². The minimum absolute atomic E-state index is 0. The van der Waals surface area contributed by atoms with E-state index in [4.69, 9.17) is 18.9 Å². The highest BCUT2D eigenvalue weighted by molar-refractivity contribution is 14.0. The molecule has 31 heavy (non-hydrogen) atoms. The van der Waals surface area contributed by atoms with Crippen LogP contribution in [0.3, 0.4) is 0 Å². The SMILES string of the molecule is CCNC(=NCc1coc(-c2cccs2)n1)N1CCc2cc(OC)c(OC)cc2C1.I. The van der Waals surface area contributed by atoms with Crippen molar-refractivity contribution < 1.29 is 13.9 Å². The van der Waals surface area contributed by atoms with Gasteiger partial charge >= 0.3 is 0 Å². The van der Waals surface area contributed by atoms with Gasteiger partial charge in [-0.05, 0) is 48.1 Å². The number of nitrogens with one attached hydrogen (secondary N) is 1. The summed E-state index contributed by atoms with van der Waals surface area (Å²) in [5.41, 5.74) is 3.33. The van der Waals surface area contributed by atoms with Crippen LogP contribution in [0.4, 0.5) is 0 Å². The van der Waals surface area contributed by atoms with E-state index >= 15 is 0 Å². The smallest absolute Gasteiger partial charge is 0.236 e. The van der Waals surface area contributed by atoms with E-state index < -0.39 is 0 Å².